The van der Waals surface area contributed by atoms with Crippen molar-refractivity contribution >= 4 is 15.9 Å². The summed E-state index contributed by atoms with van der Waals surface area (Å²) < 4.78 is 14.5. The second-order valence-corrected chi connectivity index (χ2v) is 7.37. The van der Waals surface area contributed by atoms with Crippen LogP contribution in [0.3, 0.4) is 0 Å². The second-order valence-electron chi connectivity index (χ2n) is 6.51. The summed E-state index contributed by atoms with van der Waals surface area (Å²) in [4.78, 5) is 0. The monoisotopic (exact) mass is 341 g/mol. The zero-order chi connectivity index (χ0) is 14.7. The minimum Gasteiger partial charge on any atom is -0.330 e. The van der Waals surface area contributed by atoms with Crippen molar-refractivity contribution in [1.29, 1.82) is 0 Å². The lowest BCUT2D eigenvalue weighted by atomic mass is 9.69. The summed E-state index contributed by atoms with van der Waals surface area (Å²) in [5, 5.41) is 0. The Morgan fingerprint density at radius 3 is 2.70 bits per heavy atom. The van der Waals surface area contributed by atoms with Gasteiger partial charge in [0.05, 0.1) is 0 Å². The molecule has 1 aliphatic rings. The van der Waals surface area contributed by atoms with Crippen LogP contribution in [-0.4, -0.2) is 6.54 Å². The van der Waals surface area contributed by atoms with Gasteiger partial charge in [-0.25, -0.2) is 4.39 Å². The SMILES string of the molecule is CC(C)C1CCC(CN)C(Cc2cc(F)ccc2Br)C1. The molecule has 0 radical (unpaired) electrons. The molecular weight excluding hydrogens is 317 g/mol. The average molecular weight is 342 g/mol. The molecule has 0 aliphatic heterocycles. The third-order valence-electron chi connectivity index (χ3n) is 4.92. The first-order valence-electron chi connectivity index (χ1n) is 7.65. The minimum absolute atomic E-state index is 0.149. The number of halogens is 2. The molecule has 3 heteroatoms. The van der Waals surface area contributed by atoms with E-state index in [2.05, 4.69) is 29.8 Å². The number of rotatable bonds is 4. The van der Waals surface area contributed by atoms with Crippen LogP contribution in [0.5, 0.6) is 0 Å². The fraction of sp³-hybridized carbons (Fsp3) is 0.647. The number of nitrogens with two attached hydrogens (primary N) is 1. The van der Waals surface area contributed by atoms with Gasteiger partial charge in [0.15, 0.2) is 0 Å². The Hall–Kier alpha value is -0.410. The van der Waals surface area contributed by atoms with Gasteiger partial charge in [-0.05, 0) is 79.7 Å². The van der Waals surface area contributed by atoms with Gasteiger partial charge in [-0.3, -0.25) is 0 Å². The van der Waals surface area contributed by atoms with E-state index < -0.39 is 0 Å². The molecule has 1 aliphatic carbocycles. The van der Waals surface area contributed by atoms with E-state index >= 15 is 0 Å². The molecule has 2 rings (SSSR count). The molecule has 112 valence electrons. The van der Waals surface area contributed by atoms with Crippen LogP contribution in [-0.2, 0) is 6.42 Å². The van der Waals surface area contributed by atoms with E-state index in [1.54, 1.807) is 6.07 Å². The van der Waals surface area contributed by atoms with E-state index in [0.29, 0.717) is 11.8 Å². The highest BCUT2D eigenvalue weighted by Crippen LogP contribution is 2.39. The molecule has 0 amide bonds. The van der Waals surface area contributed by atoms with E-state index in [4.69, 9.17) is 5.73 Å². The molecule has 3 unspecified atom stereocenters. The van der Waals surface area contributed by atoms with Gasteiger partial charge in [0, 0.05) is 4.47 Å². The second kappa shape index (κ2) is 7.04. The summed E-state index contributed by atoms with van der Waals surface area (Å²) in [5.41, 5.74) is 7.03. The highest BCUT2D eigenvalue weighted by molar-refractivity contribution is 9.10. The van der Waals surface area contributed by atoms with Crippen LogP contribution < -0.4 is 5.73 Å². The maximum absolute atomic E-state index is 13.4. The normalized spacial score (nSPS) is 27.0. The summed E-state index contributed by atoms with van der Waals surface area (Å²) in [6.45, 7) is 5.37. The van der Waals surface area contributed by atoms with Gasteiger partial charge in [-0.2, -0.15) is 0 Å². The van der Waals surface area contributed by atoms with Crippen molar-refractivity contribution in [3.8, 4) is 0 Å². The fourth-order valence-corrected chi connectivity index (χ4v) is 3.92. The van der Waals surface area contributed by atoms with Gasteiger partial charge in [-0.15, -0.1) is 0 Å². The lowest BCUT2D eigenvalue weighted by Crippen LogP contribution is -2.33. The first kappa shape index (κ1) is 16.0. The zero-order valence-corrected chi connectivity index (χ0v) is 14.0. The van der Waals surface area contributed by atoms with Gasteiger partial charge >= 0.3 is 0 Å². The van der Waals surface area contributed by atoms with Crippen LogP contribution in [0.25, 0.3) is 0 Å². The Kier molecular flexibility index (Phi) is 5.62. The van der Waals surface area contributed by atoms with Crippen molar-refractivity contribution < 1.29 is 4.39 Å². The number of hydrogen-bond donors (Lipinski definition) is 1. The fourth-order valence-electron chi connectivity index (χ4n) is 3.51. The Morgan fingerprint density at radius 1 is 1.30 bits per heavy atom. The topological polar surface area (TPSA) is 26.0 Å². The van der Waals surface area contributed by atoms with Crippen molar-refractivity contribution in [2.45, 2.75) is 39.5 Å². The molecule has 0 saturated heterocycles. The van der Waals surface area contributed by atoms with Crippen molar-refractivity contribution in [2.75, 3.05) is 6.54 Å². The summed E-state index contributed by atoms with van der Waals surface area (Å²) in [5.74, 6) is 2.53. The molecule has 1 saturated carbocycles. The predicted octanol–water partition coefficient (Wildman–Crippen LogP) is 4.78. The molecular formula is C17H25BrFN. The van der Waals surface area contributed by atoms with Crippen LogP contribution in [0.15, 0.2) is 22.7 Å². The van der Waals surface area contributed by atoms with Crippen LogP contribution >= 0.6 is 15.9 Å². The highest BCUT2D eigenvalue weighted by atomic mass is 79.9. The van der Waals surface area contributed by atoms with Crippen LogP contribution in [0.1, 0.15) is 38.7 Å². The smallest absolute Gasteiger partial charge is 0.123 e. The molecule has 3 atom stereocenters. The minimum atomic E-state index is -0.149. The van der Waals surface area contributed by atoms with E-state index in [1.807, 2.05) is 6.07 Å². The first-order chi connectivity index (χ1) is 9.51. The third kappa shape index (κ3) is 3.82. The van der Waals surface area contributed by atoms with Gasteiger partial charge in [-0.1, -0.05) is 29.8 Å². The summed E-state index contributed by atoms with van der Waals surface area (Å²) in [7, 11) is 0. The molecule has 1 aromatic rings. The largest absolute Gasteiger partial charge is 0.330 e. The van der Waals surface area contributed by atoms with Crippen LogP contribution in [0.2, 0.25) is 0 Å². The predicted molar refractivity (Wildman–Crippen MR) is 86.0 cm³/mol. The van der Waals surface area contributed by atoms with Crippen LogP contribution in [0, 0.1) is 29.5 Å². The van der Waals surface area contributed by atoms with Gasteiger partial charge in [0.25, 0.3) is 0 Å². The lowest BCUT2D eigenvalue weighted by molar-refractivity contribution is 0.151. The van der Waals surface area contributed by atoms with Crippen molar-refractivity contribution in [2.24, 2.45) is 29.4 Å². The van der Waals surface area contributed by atoms with Gasteiger partial charge in [0.2, 0.25) is 0 Å². The molecule has 1 fully saturated rings. The summed E-state index contributed by atoms with van der Waals surface area (Å²) in [6.07, 6.45) is 4.67. The molecule has 0 heterocycles. The van der Waals surface area contributed by atoms with Crippen molar-refractivity contribution in [3.63, 3.8) is 0 Å². The Morgan fingerprint density at radius 2 is 2.05 bits per heavy atom. The quantitative estimate of drug-likeness (QED) is 0.837. The third-order valence-corrected chi connectivity index (χ3v) is 5.69. The Balaban J connectivity index is 2.13. The Bertz CT molecular complexity index is 447. The molecule has 20 heavy (non-hydrogen) atoms. The molecule has 0 bridgehead atoms. The van der Waals surface area contributed by atoms with Crippen molar-refractivity contribution in [1.82, 2.24) is 0 Å². The van der Waals surface area contributed by atoms with E-state index in [-0.39, 0.29) is 5.82 Å². The van der Waals surface area contributed by atoms with Gasteiger partial charge < -0.3 is 5.73 Å². The maximum atomic E-state index is 13.4. The standard InChI is InChI=1S/C17H25BrFN/c1-11(2)12-3-4-13(10-20)14(7-12)8-15-9-16(19)5-6-17(15)18/h5-6,9,11-14H,3-4,7-8,10,20H2,1-2H3. The summed E-state index contributed by atoms with van der Waals surface area (Å²) in [6, 6.07) is 4.98. The molecule has 1 nitrogen and oxygen atoms in total. The first-order valence-corrected chi connectivity index (χ1v) is 8.44. The number of hydrogen-bond acceptors (Lipinski definition) is 1. The summed E-state index contributed by atoms with van der Waals surface area (Å²) >= 11 is 3.55. The average Bonchev–Trinajstić information content (AvgIpc) is 2.42. The lowest BCUT2D eigenvalue weighted by Gasteiger charge is -2.37. The van der Waals surface area contributed by atoms with E-state index in [9.17, 15) is 4.39 Å². The molecule has 1 aromatic carbocycles. The maximum Gasteiger partial charge on any atom is 0.123 e. The Labute approximate surface area is 130 Å². The highest BCUT2D eigenvalue weighted by Gasteiger charge is 2.31. The van der Waals surface area contributed by atoms with Gasteiger partial charge in [0.1, 0.15) is 5.82 Å². The van der Waals surface area contributed by atoms with Crippen LogP contribution in [0.4, 0.5) is 4.39 Å². The molecule has 0 aromatic heterocycles. The zero-order valence-electron chi connectivity index (χ0n) is 12.4. The van der Waals surface area contributed by atoms with E-state index in [1.165, 1.54) is 25.3 Å². The van der Waals surface area contributed by atoms with Crippen molar-refractivity contribution in [3.05, 3.63) is 34.1 Å². The van der Waals surface area contributed by atoms with E-state index in [0.717, 1.165) is 34.8 Å². The molecule has 0 spiro atoms. The number of benzene rings is 1. The molecule has 2 N–H and O–H groups in total.